The van der Waals surface area contributed by atoms with E-state index in [-0.39, 0.29) is 5.41 Å². The lowest BCUT2D eigenvalue weighted by molar-refractivity contribution is -0.140. The van der Waals surface area contributed by atoms with E-state index in [1.54, 1.807) is 11.3 Å². The maximum absolute atomic E-state index is 11.5. The molecule has 3 rings (SSSR count). The monoisotopic (exact) mass is 236 g/mol. The molecule has 0 saturated heterocycles. The quantitative estimate of drug-likeness (QED) is 0.857. The number of carboxylic acid groups (broad SMARTS) is 1. The van der Waals surface area contributed by atoms with E-state index in [4.69, 9.17) is 0 Å². The Balaban J connectivity index is 2.06. The first-order chi connectivity index (χ1) is 7.47. The van der Waals surface area contributed by atoms with Gasteiger partial charge in [0.25, 0.3) is 0 Å². The average Bonchev–Trinajstić information content (AvgIpc) is 2.52. The van der Waals surface area contributed by atoms with Crippen LogP contribution in [0.15, 0.2) is 6.07 Å². The molecule has 1 fully saturated rings. The Labute approximate surface area is 99.3 Å². The predicted octanol–water partition coefficient (Wildman–Crippen LogP) is 2.99. The van der Waals surface area contributed by atoms with Gasteiger partial charge < -0.3 is 5.11 Å². The van der Waals surface area contributed by atoms with Crippen molar-refractivity contribution in [3.8, 4) is 0 Å². The fraction of sp³-hybridized carbons (Fsp3) is 0.615. The molecule has 1 saturated carbocycles. The summed E-state index contributed by atoms with van der Waals surface area (Å²) in [7, 11) is 0. The zero-order valence-electron chi connectivity index (χ0n) is 9.67. The van der Waals surface area contributed by atoms with Crippen LogP contribution in [-0.4, -0.2) is 11.1 Å². The maximum Gasteiger partial charge on any atom is 0.315 e. The molecule has 0 bridgehead atoms. The smallest absolute Gasteiger partial charge is 0.315 e. The summed E-state index contributed by atoms with van der Waals surface area (Å²) in [6.07, 6.45) is 4.32. The third-order valence-electron chi connectivity index (χ3n) is 4.27. The fourth-order valence-corrected chi connectivity index (χ4v) is 4.66. The normalized spacial score (nSPS) is 30.1. The van der Waals surface area contributed by atoms with E-state index in [1.165, 1.54) is 16.9 Å². The highest BCUT2D eigenvalue weighted by atomic mass is 32.1. The van der Waals surface area contributed by atoms with Crippen LogP contribution in [0.5, 0.6) is 0 Å². The highest BCUT2D eigenvalue weighted by molar-refractivity contribution is 7.12. The lowest BCUT2D eigenvalue weighted by Crippen LogP contribution is -2.24. The van der Waals surface area contributed by atoms with Crippen molar-refractivity contribution < 1.29 is 9.90 Å². The number of hydrogen-bond acceptors (Lipinski definition) is 2. The molecule has 0 aromatic carbocycles. The highest BCUT2D eigenvalue weighted by Crippen LogP contribution is 2.66. The minimum Gasteiger partial charge on any atom is -0.481 e. The van der Waals surface area contributed by atoms with Crippen molar-refractivity contribution in [2.24, 2.45) is 5.41 Å². The maximum atomic E-state index is 11.5. The summed E-state index contributed by atoms with van der Waals surface area (Å²) in [5.41, 5.74) is 0.753. The molecule has 1 N–H and O–H groups in total. The second-order valence-electron chi connectivity index (χ2n) is 5.68. The van der Waals surface area contributed by atoms with Crippen LogP contribution in [-0.2, 0) is 23.1 Å². The molecule has 1 heterocycles. The predicted molar refractivity (Wildman–Crippen MR) is 64.1 cm³/mol. The molecule has 0 radical (unpaired) electrons. The summed E-state index contributed by atoms with van der Waals surface area (Å²) in [6.45, 7) is 4.12. The minimum absolute atomic E-state index is 0.0720. The largest absolute Gasteiger partial charge is 0.481 e. The molecule has 1 unspecified atom stereocenters. The number of carboxylic acids is 1. The Bertz CT molecular complexity index is 451. The van der Waals surface area contributed by atoms with Crippen LogP contribution in [0.2, 0.25) is 0 Å². The highest BCUT2D eigenvalue weighted by Gasteiger charge is 2.68. The van der Waals surface area contributed by atoms with Gasteiger partial charge in [-0.3, -0.25) is 4.79 Å². The van der Waals surface area contributed by atoms with Crippen LogP contribution in [0.1, 0.15) is 42.0 Å². The van der Waals surface area contributed by atoms with Crippen molar-refractivity contribution in [1.29, 1.82) is 0 Å². The molecule has 16 heavy (non-hydrogen) atoms. The third-order valence-corrected chi connectivity index (χ3v) is 5.67. The third kappa shape index (κ3) is 1.10. The summed E-state index contributed by atoms with van der Waals surface area (Å²) in [4.78, 5) is 14.1. The molecule has 0 spiro atoms. The summed E-state index contributed by atoms with van der Waals surface area (Å²) in [5, 5.41) is 9.49. The van der Waals surface area contributed by atoms with E-state index in [2.05, 4.69) is 19.9 Å². The number of fused-ring (bicyclic) bond motifs is 1. The van der Waals surface area contributed by atoms with Gasteiger partial charge in [0.15, 0.2) is 0 Å². The molecule has 2 aliphatic rings. The van der Waals surface area contributed by atoms with Gasteiger partial charge in [-0.05, 0) is 42.7 Å². The van der Waals surface area contributed by atoms with Gasteiger partial charge in [0.1, 0.15) is 5.41 Å². The lowest BCUT2D eigenvalue weighted by Gasteiger charge is -2.13. The van der Waals surface area contributed by atoms with Crippen molar-refractivity contribution in [1.82, 2.24) is 0 Å². The number of hydrogen-bond donors (Lipinski definition) is 1. The van der Waals surface area contributed by atoms with Crippen LogP contribution >= 0.6 is 11.3 Å². The summed E-state index contributed by atoms with van der Waals surface area (Å²) in [6, 6.07) is 2.16. The van der Waals surface area contributed by atoms with Crippen molar-refractivity contribution in [2.45, 2.75) is 44.9 Å². The second kappa shape index (κ2) is 2.89. The summed E-state index contributed by atoms with van der Waals surface area (Å²) in [5.74, 6) is -0.641. The first-order valence-electron chi connectivity index (χ1n) is 5.83. The molecule has 3 heteroatoms. The van der Waals surface area contributed by atoms with E-state index >= 15 is 0 Å². The Morgan fingerprint density at radius 3 is 2.62 bits per heavy atom. The molecule has 1 atom stereocenters. The first-order valence-corrected chi connectivity index (χ1v) is 6.64. The molecule has 0 aliphatic heterocycles. The molecule has 86 valence electrons. The van der Waals surface area contributed by atoms with E-state index in [0.29, 0.717) is 0 Å². The number of thiophene rings is 1. The number of aliphatic carboxylic acids is 1. The lowest BCUT2D eigenvalue weighted by atomic mass is 9.94. The van der Waals surface area contributed by atoms with Gasteiger partial charge in [0, 0.05) is 9.75 Å². The van der Waals surface area contributed by atoms with Crippen LogP contribution in [0.3, 0.4) is 0 Å². The zero-order chi connectivity index (χ0) is 11.6. The van der Waals surface area contributed by atoms with Gasteiger partial charge in [0.2, 0.25) is 0 Å². The molecule has 1 aromatic rings. The SMILES string of the molecule is CC1(C)CC1(C(=O)O)c1cc2c(s1)CCC2. The average molecular weight is 236 g/mol. The van der Waals surface area contributed by atoms with E-state index in [9.17, 15) is 9.90 Å². The number of aryl methyl sites for hydroxylation is 2. The van der Waals surface area contributed by atoms with Crippen molar-refractivity contribution >= 4 is 17.3 Å². The first kappa shape index (κ1) is 10.3. The Morgan fingerprint density at radius 1 is 1.44 bits per heavy atom. The van der Waals surface area contributed by atoms with Crippen LogP contribution < -0.4 is 0 Å². The summed E-state index contributed by atoms with van der Waals surface area (Å²) < 4.78 is 0. The van der Waals surface area contributed by atoms with Crippen molar-refractivity contribution in [2.75, 3.05) is 0 Å². The Hall–Kier alpha value is -0.830. The van der Waals surface area contributed by atoms with Gasteiger partial charge in [-0.25, -0.2) is 0 Å². The molecular formula is C13H16O2S. The van der Waals surface area contributed by atoms with Gasteiger partial charge >= 0.3 is 5.97 Å². The van der Waals surface area contributed by atoms with Gasteiger partial charge in [-0.15, -0.1) is 11.3 Å². The Kier molecular flexibility index (Phi) is 1.87. The Morgan fingerprint density at radius 2 is 2.12 bits per heavy atom. The number of carbonyl (C=O) groups is 1. The van der Waals surface area contributed by atoms with E-state index in [0.717, 1.165) is 24.1 Å². The van der Waals surface area contributed by atoms with E-state index in [1.807, 2.05) is 0 Å². The molecule has 1 aromatic heterocycles. The van der Waals surface area contributed by atoms with Crippen LogP contribution in [0, 0.1) is 5.41 Å². The number of rotatable bonds is 2. The summed E-state index contributed by atoms with van der Waals surface area (Å²) >= 11 is 1.74. The van der Waals surface area contributed by atoms with E-state index < -0.39 is 11.4 Å². The molecule has 2 aliphatic carbocycles. The fourth-order valence-electron chi connectivity index (χ4n) is 3.05. The van der Waals surface area contributed by atoms with Crippen LogP contribution in [0.4, 0.5) is 0 Å². The van der Waals surface area contributed by atoms with Gasteiger partial charge in [-0.1, -0.05) is 13.8 Å². The van der Waals surface area contributed by atoms with Crippen LogP contribution in [0.25, 0.3) is 0 Å². The van der Waals surface area contributed by atoms with Gasteiger partial charge in [0.05, 0.1) is 0 Å². The van der Waals surface area contributed by atoms with Gasteiger partial charge in [-0.2, -0.15) is 0 Å². The molecule has 0 amide bonds. The van der Waals surface area contributed by atoms with Crippen molar-refractivity contribution in [3.63, 3.8) is 0 Å². The second-order valence-corrected chi connectivity index (χ2v) is 6.82. The zero-order valence-corrected chi connectivity index (χ0v) is 10.5. The standard InChI is InChI=1S/C13H16O2S/c1-12(2)7-13(12,11(14)15)10-6-8-4-3-5-9(8)16-10/h6H,3-5,7H2,1-2H3,(H,14,15). The molecule has 2 nitrogen and oxygen atoms in total. The topological polar surface area (TPSA) is 37.3 Å². The van der Waals surface area contributed by atoms with Crippen molar-refractivity contribution in [3.05, 3.63) is 21.4 Å². The molecular weight excluding hydrogens is 220 g/mol. The minimum atomic E-state index is -0.641.